The maximum absolute atomic E-state index is 13.4. The quantitative estimate of drug-likeness (QED) is 0.491. The lowest BCUT2D eigenvalue weighted by atomic mass is 9.98. The Hall–Kier alpha value is -3.77. The molecule has 1 aliphatic heterocycles. The first-order valence-electron chi connectivity index (χ1n) is 10.3. The smallest absolute Gasteiger partial charge is 0.465 e. The Labute approximate surface area is 198 Å². The highest BCUT2D eigenvalue weighted by molar-refractivity contribution is 7.89. The molecule has 0 spiro atoms. The van der Waals surface area contributed by atoms with Gasteiger partial charge in [0.15, 0.2) is 0 Å². The number of amides is 1. The second-order valence-corrected chi connectivity index (χ2v) is 9.40. The van der Waals surface area contributed by atoms with E-state index >= 15 is 0 Å². The van der Waals surface area contributed by atoms with Crippen molar-refractivity contribution < 1.29 is 41.0 Å². The van der Waals surface area contributed by atoms with Gasteiger partial charge in [0.25, 0.3) is 0 Å². The number of nitrogens with zero attached hydrogens (tertiary/aromatic N) is 1. The van der Waals surface area contributed by atoms with Gasteiger partial charge in [-0.3, -0.25) is 0 Å². The number of halogens is 3. The largest absolute Gasteiger partial charge is 0.573 e. The number of hydrogen-bond donors (Lipinski definition) is 2. The molecule has 4 rings (SSSR count). The molecule has 1 atom stereocenters. The molecule has 1 aliphatic rings. The van der Waals surface area contributed by atoms with Crippen LogP contribution < -0.4 is 14.8 Å². The lowest BCUT2D eigenvalue weighted by Crippen LogP contribution is -2.47. The second-order valence-electron chi connectivity index (χ2n) is 7.51. The molecule has 0 saturated carbocycles. The van der Waals surface area contributed by atoms with Crippen LogP contribution in [0.5, 0.6) is 17.2 Å². The van der Waals surface area contributed by atoms with Crippen molar-refractivity contribution in [3.05, 3.63) is 83.9 Å². The molecule has 2 N–H and O–H groups in total. The standard InChI is InChI=1S/C23H19F3N2O6S/c24-23(25,26)34-18-7-5-16(6-8-18)33-17-9-11-19(12-10-17)35(31,32)28-14-13-15-3-1-2-4-20(15)21(28)27-22(29)30/h1-12,21,27H,13-14H2,(H,29,30). The van der Waals surface area contributed by atoms with Crippen molar-refractivity contribution in [2.75, 3.05) is 6.54 Å². The van der Waals surface area contributed by atoms with Gasteiger partial charge in [-0.05, 0) is 66.1 Å². The Balaban J connectivity index is 1.52. The van der Waals surface area contributed by atoms with Crippen LogP contribution in [-0.4, -0.2) is 36.8 Å². The lowest BCUT2D eigenvalue weighted by molar-refractivity contribution is -0.274. The highest BCUT2D eigenvalue weighted by atomic mass is 32.2. The minimum Gasteiger partial charge on any atom is -0.465 e. The third kappa shape index (κ3) is 5.66. The Morgan fingerprint density at radius 1 is 0.943 bits per heavy atom. The zero-order chi connectivity index (χ0) is 25.2. The first kappa shape index (κ1) is 24.4. The highest BCUT2D eigenvalue weighted by Gasteiger charge is 2.37. The van der Waals surface area contributed by atoms with Gasteiger partial charge in [-0.25, -0.2) is 13.2 Å². The number of ether oxygens (including phenoxy) is 2. The van der Waals surface area contributed by atoms with Crippen LogP contribution in [0.4, 0.5) is 18.0 Å². The van der Waals surface area contributed by atoms with E-state index in [0.29, 0.717) is 12.0 Å². The molecule has 0 fully saturated rings. The average molecular weight is 508 g/mol. The Morgan fingerprint density at radius 3 is 2.11 bits per heavy atom. The minimum absolute atomic E-state index is 0.0738. The van der Waals surface area contributed by atoms with Gasteiger partial charge in [0.1, 0.15) is 23.4 Å². The molecular formula is C23H19F3N2O6S. The van der Waals surface area contributed by atoms with Crippen LogP contribution in [0.25, 0.3) is 0 Å². The van der Waals surface area contributed by atoms with E-state index in [1.165, 1.54) is 36.4 Å². The van der Waals surface area contributed by atoms with E-state index < -0.39 is 34.4 Å². The SMILES string of the molecule is O=C(O)NC1c2ccccc2CCN1S(=O)(=O)c1ccc(Oc2ccc(OC(F)(F)F)cc2)cc1. The number of benzene rings is 3. The molecule has 3 aromatic rings. The molecular weight excluding hydrogens is 489 g/mol. The summed E-state index contributed by atoms with van der Waals surface area (Å²) in [5.41, 5.74) is 1.41. The van der Waals surface area contributed by atoms with E-state index in [2.05, 4.69) is 10.1 Å². The van der Waals surface area contributed by atoms with Gasteiger partial charge in [0.2, 0.25) is 10.0 Å². The van der Waals surface area contributed by atoms with Gasteiger partial charge >= 0.3 is 12.5 Å². The summed E-state index contributed by atoms with van der Waals surface area (Å²) in [5.74, 6) is 0.0602. The molecule has 1 unspecified atom stereocenters. The topological polar surface area (TPSA) is 105 Å². The van der Waals surface area contributed by atoms with Gasteiger partial charge in [-0.1, -0.05) is 24.3 Å². The molecule has 0 saturated heterocycles. The van der Waals surface area contributed by atoms with Crippen LogP contribution in [0.2, 0.25) is 0 Å². The summed E-state index contributed by atoms with van der Waals surface area (Å²) in [4.78, 5) is 11.3. The van der Waals surface area contributed by atoms with E-state index in [4.69, 9.17) is 4.74 Å². The predicted octanol–water partition coefficient (Wildman–Crippen LogP) is 4.89. The summed E-state index contributed by atoms with van der Waals surface area (Å²) in [6, 6.07) is 17.2. The van der Waals surface area contributed by atoms with Crippen molar-refractivity contribution in [3.8, 4) is 17.2 Å². The van der Waals surface area contributed by atoms with Crippen molar-refractivity contribution in [2.24, 2.45) is 0 Å². The predicted molar refractivity (Wildman–Crippen MR) is 118 cm³/mol. The third-order valence-corrected chi connectivity index (χ3v) is 7.10. The number of carbonyl (C=O) groups is 1. The molecule has 184 valence electrons. The van der Waals surface area contributed by atoms with Crippen molar-refractivity contribution in [1.29, 1.82) is 0 Å². The van der Waals surface area contributed by atoms with Crippen molar-refractivity contribution >= 4 is 16.1 Å². The number of fused-ring (bicyclic) bond motifs is 1. The number of nitrogens with one attached hydrogen (secondary N) is 1. The van der Waals surface area contributed by atoms with Crippen molar-refractivity contribution in [2.45, 2.75) is 23.8 Å². The Bertz CT molecular complexity index is 1310. The fourth-order valence-corrected chi connectivity index (χ4v) is 5.26. The van der Waals surface area contributed by atoms with Gasteiger partial charge in [0.05, 0.1) is 4.90 Å². The lowest BCUT2D eigenvalue weighted by Gasteiger charge is -2.36. The summed E-state index contributed by atoms with van der Waals surface area (Å²) in [6.07, 6.45) is -6.83. The molecule has 0 bridgehead atoms. The first-order chi connectivity index (χ1) is 16.5. The van der Waals surface area contributed by atoms with Gasteiger partial charge in [-0.15, -0.1) is 13.2 Å². The molecule has 12 heteroatoms. The molecule has 3 aromatic carbocycles. The number of sulfonamides is 1. The summed E-state index contributed by atoms with van der Waals surface area (Å²) in [5, 5.41) is 11.6. The maximum Gasteiger partial charge on any atom is 0.573 e. The van der Waals surface area contributed by atoms with Gasteiger partial charge < -0.3 is 19.9 Å². The Kier molecular flexibility index (Phi) is 6.59. The van der Waals surface area contributed by atoms with Crippen LogP contribution >= 0.6 is 0 Å². The van der Waals surface area contributed by atoms with E-state index in [-0.39, 0.29) is 22.9 Å². The number of alkyl halides is 3. The van der Waals surface area contributed by atoms with Crippen molar-refractivity contribution in [1.82, 2.24) is 9.62 Å². The normalized spacial score (nSPS) is 16.3. The van der Waals surface area contributed by atoms with Crippen LogP contribution in [0.3, 0.4) is 0 Å². The summed E-state index contributed by atoms with van der Waals surface area (Å²) < 4.78 is 74.0. The molecule has 0 aliphatic carbocycles. The molecule has 8 nitrogen and oxygen atoms in total. The highest BCUT2D eigenvalue weighted by Crippen LogP contribution is 2.34. The number of hydrogen-bond acceptors (Lipinski definition) is 5. The Morgan fingerprint density at radius 2 is 1.51 bits per heavy atom. The maximum atomic E-state index is 13.4. The zero-order valence-corrected chi connectivity index (χ0v) is 18.7. The average Bonchev–Trinajstić information content (AvgIpc) is 2.79. The van der Waals surface area contributed by atoms with Gasteiger partial charge in [-0.2, -0.15) is 4.31 Å². The fraction of sp³-hybridized carbons (Fsp3) is 0.174. The second kappa shape index (κ2) is 9.47. The monoisotopic (exact) mass is 508 g/mol. The summed E-state index contributed by atoms with van der Waals surface area (Å²) in [7, 11) is -4.08. The first-order valence-corrected chi connectivity index (χ1v) is 11.7. The van der Waals surface area contributed by atoms with E-state index in [1.54, 1.807) is 18.2 Å². The minimum atomic E-state index is -4.81. The molecule has 0 radical (unpaired) electrons. The number of rotatable bonds is 6. The molecule has 0 aromatic heterocycles. The molecule has 35 heavy (non-hydrogen) atoms. The van der Waals surface area contributed by atoms with E-state index in [9.17, 15) is 31.5 Å². The molecule has 1 heterocycles. The molecule has 1 amide bonds. The number of carboxylic acid groups (broad SMARTS) is 1. The van der Waals surface area contributed by atoms with Crippen LogP contribution in [-0.2, 0) is 16.4 Å². The fourth-order valence-electron chi connectivity index (χ4n) is 3.73. The van der Waals surface area contributed by atoms with E-state index in [1.807, 2.05) is 6.07 Å². The van der Waals surface area contributed by atoms with Crippen LogP contribution in [0, 0.1) is 0 Å². The van der Waals surface area contributed by atoms with Gasteiger partial charge in [0, 0.05) is 6.54 Å². The van der Waals surface area contributed by atoms with Crippen molar-refractivity contribution in [3.63, 3.8) is 0 Å². The zero-order valence-electron chi connectivity index (χ0n) is 17.9. The van der Waals surface area contributed by atoms with E-state index in [0.717, 1.165) is 22.0 Å². The summed E-state index contributed by atoms with van der Waals surface area (Å²) in [6.45, 7) is 0.0783. The summed E-state index contributed by atoms with van der Waals surface area (Å²) >= 11 is 0. The third-order valence-electron chi connectivity index (χ3n) is 5.22. The van der Waals surface area contributed by atoms with Crippen LogP contribution in [0.1, 0.15) is 17.3 Å². The van der Waals surface area contributed by atoms with Crippen LogP contribution in [0.15, 0.2) is 77.7 Å².